The van der Waals surface area contributed by atoms with Crippen LogP contribution in [-0.2, 0) is 17.9 Å². The van der Waals surface area contributed by atoms with E-state index in [1.165, 1.54) is 31.4 Å². The van der Waals surface area contributed by atoms with Crippen molar-refractivity contribution in [3.05, 3.63) is 34.2 Å². The summed E-state index contributed by atoms with van der Waals surface area (Å²) in [6.07, 6.45) is 4.25. The van der Waals surface area contributed by atoms with Gasteiger partial charge in [0.2, 0.25) is 5.89 Å². The predicted molar refractivity (Wildman–Crippen MR) is 118 cm³/mol. The third kappa shape index (κ3) is 5.14. The van der Waals surface area contributed by atoms with Crippen molar-refractivity contribution in [2.45, 2.75) is 52.3 Å². The first-order chi connectivity index (χ1) is 14.5. The number of rotatable bonds is 8. The number of aromatic nitrogens is 2. The number of anilines is 2. The quantitative estimate of drug-likeness (QED) is 0.668. The lowest BCUT2D eigenvalue weighted by Gasteiger charge is -2.43. The van der Waals surface area contributed by atoms with Crippen LogP contribution in [0.25, 0.3) is 0 Å². The third-order valence-electron chi connectivity index (χ3n) is 6.42. The van der Waals surface area contributed by atoms with Crippen molar-refractivity contribution in [2.75, 3.05) is 38.6 Å². The van der Waals surface area contributed by atoms with Gasteiger partial charge in [-0.15, -0.1) is 5.10 Å². The fraction of sp³-hybridized carbons (Fsp3) is 0.636. The highest BCUT2D eigenvalue weighted by Gasteiger charge is 2.28. The second-order valence-electron chi connectivity index (χ2n) is 8.67. The van der Waals surface area contributed by atoms with Crippen LogP contribution in [0.5, 0.6) is 0 Å². The van der Waals surface area contributed by atoms with Gasteiger partial charge >= 0.3 is 6.01 Å². The molecule has 7 nitrogen and oxygen atoms in total. The smallest absolute Gasteiger partial charge is 0.320 e. The Balaban J connectivity index is 1.40. The normalized spacial score (nSPS) is 21.0. The Kier molecular flexibility index (Phi) is 6.93. The van der Waals surface area contributed by atoms with Crippen molar-refractivity contribution in [3.8, 4) is 0 Å². The molecule has 1 aliphatic heterocycles. The van der Waals surface area contributed by atoms with Gasteiger partial charge in [-0.1, -0.05) is 23.1 Å². The molecule has 1 N–H and O–H groups in total. The molecule has 4 rings (SSSR count). The van der Waals surface area contributed by atoms with Gasteiger partial charge in [0, 0.05) is 56.6 Å². The van der Waals surface area contributed by atoms with Gasteiger partial charge in [0.15, 0.2) is 0 Å². The molecular formula is C22H32ClN5O2. The molecule has 1 atom stereocenters. The van der Waals surface area contributed by atoms with E-state index in [9.17, 15) is 0 Å². The lowest BCUT2D eigenvalue weighted by atomic mass is 9.84. The highest BCUT2D eigenvalue weighted by atomic mass is 35.5. The van der Waals surface area contributed by atoms with Crippen molar-refractivity contribution < 1.29 is 9.15 Å². The molecule has 2 heterocycles. The number of nitrogens with one attached hydrogen (secondary N) is 1. The molecule has 2 aromatic rings. The second-order valence-corrected chi connectivity index (χ2v) is 9.11. The zero-order valence-corrected chi connectivity index (χ0v) is 18.9. The summed E-state index contributed by atoms with van der Waals surface area (Å²) in [4.78, 5) is 5.21. The minimum Gasteiger partial charge on any atom is -0.405 e. The number of hydrogen-bond acceptors (Lipinski definition) is 7. The molecule has 1 aliphatic carbocycles. The third-order valence-corrected chi connectivity index (χ3v) is 6.64. The van der Waals surface area contributed by atoms with E-state index in [0.29, 0.717) is 29.6 Å². The number of ether oxygens (including phenoxy) is 1. The van der Waals surface area contributed by atoms with Crippen molar-refractivity contribution in [2.24, 2.45) is 5.92 Å². The number of hydrogen-bond donors (Lipinski definition) is 1. The Morgan fingerprint density at radius 1 is 1.27 bits per heavy atom. The van der Waals surface area contributed by atoms with Crippen LogP contribution in [-0.4, -0.2) is 59.3 Å². The molecular weight excluding hydrogens is 402 g/mol. The van der Waals surface area contributed by atoms with Gasteiger partial charge in [-0.05, 0) is 55.9 Å². The number of methoxy groups -OCH3 is 1. The predicted octanol–water partition coefficient (Wildman–Crippen LogP) is 4.23. The molecule has 30 heavy (non-hydrogen) atoms. The number of piperazine rings is 1. The maximum Gasteiger partial charge on any atom is 0.320 e. The van der Waals surface area contributed by atoms with Crippen molar-refractivity contribution in [1.82, 2.24) is 20.0 Å². The molecule has 0 radical (unpaired) electrons. The van der Waals surface area contributed by atoms with Crippen LogP contribution in [0, 0.1) is 12.8 Å². The van der Waals surface area contributed by atoms with Crippen LogP contribution in [0.4, 0.5) is 11.7 Å². The first-order valence-corrected chi connectivity index (χ1v) is 11.2. The van der Waals surface area contributed by atoms with E-state index in [1.54, 1.807) is 7.11 Å². The first kappa shape index (κ1) is 21.6. The number of nitrogens with zero attached hydrogens (tertiary/aromatic N) is 4. The topological polar surface area (TPSA) is 66.7 Å². The fourth-order valence-corrected chi connectivity index (χ4v) is 4.60. The minimum absolute atomic E-state index is 0.291. The van der Waals surface area contributed by atoms with Gasteiger partial charge in [-0.3, -0.25) is 9.80 Å². The average Bonchev–Trinajstić information content (AvgIpc) is 3.11. The van der Waals surface area contributed by atoms with Crippen LogP contribution >= 0.6 is 11.6 Å². The van der Waals surface area contributed by atoms with Crippen LogP contribution in [0.1, 0.15) is 43.2 Å². The molecule has 0 unspecified atom stereocenters. The second kappa shape index (κ2) is 9.64. The molecule has 2 aliphatic rings. The summed E-state index contributed by atoms with van der Waals surface area (Å²) in [6.45, 7) is 10.2. The SMILES string of the molecule is COCc1nnc(Nc2cc(Cl)cc(CN3CCN(CC4CCC4)[C@@H](C)C3)c2C)o1. The van der Waals surface area contributed by atoms with E-state index in [4.69, 9.17) is 20.8 Å². The highest BCUT2D eigenvalue weighted by Crippen LogP contribution is 2.30. The number of benzene rings is 1. The van der Waals surface area contributed by atoms with Crippen molar-refractivity contribution >= 4 is 23.3 Å². The lowest BCUT2D eigenvalue weighted by molar-refractivity contribution is 0.0542. The van der Waals surface area contributed by atoms with Gasteiger partial charge < -0.3 is 14.5 Å². The average molecular weight is 434 g/mol. The van der Waals surface area contributed by atoms with Crippen molar-refractivity contribution in [3.63, 3.8) is 0 Å². The van der Waals surface area contributed by atoms with E-state index in [2.05, 4.69) is 45.2 Å². The zero-order valence-electron chi connectivity index (χ0n) is 18.2. The van der Waals surface area contributed by atoms with Gasteiger partial charge in [0.25, 0.3) is 0 Å². The van der Waals surface area contributed by atoms with Crippen LogP contribution in [0.2, 0.25) is 5.02 Å². The molecule has 0 bridgehead atoms. The minimum atomic E-state index is 0.291. The monoisotopic (exact) mass is 433 g/mol. The Bertz CT molecular complexity index is 854. The summed E-state index contributed by atoms with van der Waals surface area (Å²) >= 11 is 6.44. The Morgan fingerprint density at radius 2 is 2.10 bits per heavy atom. The van der Waals surface area contributed by atoms with Crippen LogP contribution < -0.4 is 5.32 Å². The first-order valence-electron chi connectivity index (χ1n) is 10.9. The Morgan fingerprint density at radius 3 is 2.80 bits per heavy atom. The van der Waals surface area contributed by atoms with Crippen molar-refractivity contribution in [1.29, 1.82) is 0 Å². The van der Waals surface area contributed by atoms with Crippen LogP contribution in [0.15, 0.2) is 16.5 Å². The molecule has 1 aromatic heterocycles. The fourth-order valence-electron chi connectivity index (χ4n) is 4.36. The summed E-state index contributed by atoms with van der Waals surface area (Å²) < 4.78 is 10.6. The van der Waals surface area contributed by atoms with Crippen LogP contribution in [0.3, 0.4) is 0 Å². The largest absolute Gasteiger partial charge is 0.405 e. The maximum absolute atomic E-state index is 6.44. The van der Waals surface area contributed by atoms with Gasteiger partial charge in [0.05, 0.1) is 0 Å². The van der Waals surface area contributed by atoms with E-state index < -0.39 is 0 Å². The molecule has 0 amide bonds. The molecule has 1 saturated heterocycles. The molecule has 1 aromatic carbocycles. The number of halogens is 1. The molecule has 164 valence electrons. The molecule has 1 saturated carbocycles. The summed E-state index contributed by atoms with van der Waals surface area (Å²) in [5, 5.41) is 11.9. The summed E-state index contributed by atoms with van der Waals surface area (Å²) in [7, 11) is 1.60. The Hall–Kier alpha value is -1.67. The van der Waals surface area contributed by atoms with E-state index >= 15 is 0 Å². The molecule has 0 spiro atoms. The summed E-state index contributed by atoms with van der Waals surface area (Å²) in [5.74, 6) is 1.37. The van der Waals surface area contributed by atoms with Gasteiger partial charge in [-0.2, -0.15) is 0 Å². The summed E-state index contributed by atoms with van der Waals surface area (Å²) in [6, 6.07) is 4.91. The maximum atomic E-state index is 6.44. The van der Waals surface area contributed by atoms with E-state index in [-0.39, 0.29) is 0 Å². The van der Waals surface area contributed by atoms with Gasteiger partial charge in [0.1, 0.15) is 6.61 Å². The standard InChI is InChI=1S/C22H32ClN5O2/c1-15-11-27(7-8-28(15)12-17-5-4-6-17)13-18-9-19(23)10-20(16(18)2)24-22-26-25-21(30-22)14-29-3/h9-10,15,17H,4-8,11-14H2,1-3H3,(H,24,26)/t15-/m0/s1. The van der Waals surface area contributed by atoms with E-state index in [1.807, 2.05) is 6.07 Å². The molecule has 2 fully saturated rings. The highest BCUT2D eigenvalue weighted by molar-refractivity contribution is 6.31. The van der Waals surface area contributed by atoms with E-state index in [0.717, 1.165) is 43.3 Å². The Labute approximate surface area is 183 Å². The summed E-state index contributed by atoms with van der Waals surface area (Å²) in [5.41, 5.74) is 3.26. The van der Waals surface area contributed by atoms with Gasteiger partial charge in [-0.25, -0.2) is 0 Å². The molecule has 8 heteroatoms. The lowest BCUT2D eigenvalue weighted by Crippen LogP contribution is -2.53. The zero-order chi connectivity index (χ0) is 21.1.